The molecular weight excluding hydrogens is 180 g/mol. The Kier molecular flexibility index (Phi) is 2.33. The van der Waals surface area contributed by atoms with E-state index in [2.05, 4.69) is 15.2 Å². The van der Waals surface area contributed by atoms with Gasteiger partial charge in [-0.25, -0.2) is 4.98 Å². The van der Waals surface area contributed by atoms with Crippen LogP contribution >= 0.6 is 0 Å². The normalized spacial score (nSPS) is 21.6. The smallest absolute Gasteiger partial charge is 0.245 e. The van der Waals surface area contributed by atoms with E-state index in [-0.39, 0.29) is 6.10 Å². The Morgan fingerprint density at radius 3 is 2.64 bits per heavy atom. The number of aromatic nitrogens is 3. The zero-order chi connectivity index (χ0) is 10.1. The van der Waals surface area contributed by atoms with Crippen molar-refractivity contribution in [3.8, 4) is 0 Å². The number of β-amino-alcohol motifs (C(OH)–C–C–N with tert-alkyl or cyclic N) is 1. The van der Waals surface area contributed by atoms with Gasteiger partial charge in [0.1, 0.15) is 0 Å². The quantitative estimate of drug-likeness (QED) is 0.685. The Hall–Kier alpha value is -1.23. The zero-order valence-corrected chi connectivity index (χ0v) is 8.43. The van der Waals surface area contributed by atoms with E-state index in [1.807, 2.05) is 18.7 Å². The molecule has 0 spiro atoms. The molecule has 0 bridgehead atoms. The minimum Gasteiger partial charge on any atom is -0.391 e. The van der Waals surface area contributed by atoms with Gasteiger partial charge in [-0.3, -0.25) is 0 Å². The van der Waals surface area contributed by atoms with Crippen LogP contribution in [-0.4, -0.2) is 39.5 Å². The van der Waals surface area contributed by atoms with E-state index in [1.54, 1.807) is 0 Å². The molecule has 1 atom stereocenters. The lowest BCUT2D eigenvalue weighted by molar-refractivity contribution is 0.198. The van der Waals surface area contributed by atoms with Crippen LogP contribution in [0.15, 0.2) is 0 Å². The van der Waals surface area contributed by atoms with Crippen LogP contribution in [0.5, 0.6) is 0 Å². The van der Waals surface area contributed by atoms with Gasteiger partial charge in [-0.15, -0.1) is 5.10 Å². The van der Waals surface area contributed by atoms with Gasteiger partial charge >= 0.3 is 0 Å². The van der Waals surface area contributed by atoms with Crippen molar-refractivity contribution >= 4 is 5.95 Å². The van der Waals surface area contributed by atoms with Crippen molar-refractivity contribution in [2.45, 2.75) is 26.4 Å². The van der Waals surface area contributed by atoms with Crippen LogP contribution in [0.25, 0.3) is 0 Å². The SMILES string of the molecule is Cc1nnc(N2CC[C@@H](O)C2)nc1C. The van der Waals surface area contributed by atoms with E-state index in [4.69, 9.17) is 0 Å². The maximum Gasteiger partial charge on any atom is 0.245 e. The molecule has 1 saturated heterocycles. The minimum atomic E-state index is -0.250. The maximum atomic E-state index is 9.37. The maximum absolute atomic E-state index is 9.37. The molecule has 0 saturated carbocycles. The third kappa shape index (κ3) is 1.68. The second kappa shape index (κ2) is 3.49. The summed E-state index contributed by atoms with van der Waals surface area (Å²) in [7, 11) is 0. The Morgan fingerprint density at radius 2 is 2.07 bits per heavy atom. The van der Waals surface area contributed by atoms with Crippen LogP contribution < -0.4 is 4.90 Å². The molecule has 1 N–H and O–H groups in total. The number of hydrogen-bond acceptors (Lipinski definition) is 5. The number of aryl methyl sites for hydroxylation is 2. The number of aliphatic hydroxyl groups is 1. The molecule has 2 heterocycles. The molecule has 5 nitrogen and oxygen atoms in total. The molecule has 1 aromatic rings. The van der Waals surface area contributed by atoms with Crippen molar-refractivity contribution in [2.24, 2.45) is 0 Å². The summed E-state index contributed by atoms with van der Waals surface area (Å²) < 4.78 is 0. The Bertz CT molecular complexity index is 342. The highest BCUT2D eigenvalue weighted by atomic mass is 16.3. The summed E-state index contributed by atoms with van der Waals surface area (Å²) in [6, 6.07) is 0. The van der Waals surface area contributed by atoms with Gasteiger partial charge in [0.2, 0.25) is 5.95 Å². The molecule has 1 aliphatic heterocycles. The predicted molar refractivity (Wildman–Crippen MR) is 52.1 cm³/mol. The van der Waals surface area contributed by atoms with Crippen molar-refractivity contribution in [1.29, 1.82) is 0 Å². The highest BCUT2D eigenvalue weighted by molar-refractivity contribution is 5.31. The highest BCUT2D eigenvalue weighted by Crippen LogP contribution is 2.15. The number of aliphatic hydroxyl groups excluding tert-OH is 1. The van der Waals surface area contributed by atoms with Crippen molar-refractivity contribution in [3.63, 3.8) is 0 Å². The number of anilines is 1. The van der Waals surface area contributed by atoms with Crippen molar-refractivity contribution in [3.05, 3.63) is 11.4 Å². The molecule has 0 amide bonds. The fourth-order valence-corrected chi connectivity index (χ4v) is 1.50. The zero-order valence-electron chi connectivity index (χ0n) is 8.43. The van der Waals surface area contributed by atoms with Crippen molar-refractivity contribution in [2.75, 3.05) is 18.0 Å². The number of rotatable bonds is 1. The molecule has 0 aromatic carbocycles. The van der Waals surface area contributed by atoms with Crippen molar-refractivity contribution < 1.29 is 5.11 Å². The van der Waals surface area contributed by atoms with Gasteiger partial charge in [0.25, 0.3) is 0 Å². The Morgan fingerprint density at radius 1 is 1.29 bits per heavy atom. The number of nitrogens with zero attached hydrogens (tertiary/aromatic N) is 4. The molecule has 1 aliphatic rings. The third-order valence-electron chi connectivity index (χ3n) is 2.53. The van der Waals surface area contributed by atoms with Crippen LogP contribution in [0.2, 0.25) is 0 Å². The van der Waals surface area contributed by atoms with E-state index < -0.39 is 0 Å². The first-order chi connectivity index (χ1) is 6.66. The molecule has 76 valence electrons. The van der Waals surface area contributed by atoms with Crippen LogP contribution in [-0.2, 0) is 0 Å². The average Bonchev–Trinajstić information content (AvgIpc) is 2.57. The second-order valence-electron chi connectivity index (χ2n) is 3.67. The summed E-state index contributed by atoms with van der Waals surface area (Å²) in [5.74, 6) is 0.629. The Labute approximate surface area is 82.8 Å². The fourth-order valence-electron chi connectivity index (χ4n) is 1.50. The lowest BCUT2D eigenvalue weighted by atomic mass is 10.3. The molecule has 0 radical (unpaired) electrons. The van der Waals surface area contributed by atoms with E-state index in [0.29, 0.717) is 12.5 Å². The molecular formula is C9H14N4O. The second-order valence-corrected chi connectivity index (χ2v) is 3.67. The summed E-state index contributed by atoms with van der Waals surface area (Å²) in [6.07, 6.45) is 0.538. The van der Waals surface area contributed by atoms with Gasteiger partial charge in [-0.2, -0.15) is 5.10 Å². The average molecular weight is 194 g/mol. The first-order valence-corrected chi connectivity index (χ1v) is 4.78. The monoisotopic (exact) mass is 194 g/mol. The van der Waals surface area contributed by atoms with Crippen LogP contribution in [0.4, 0.5) is 5.95 Å². The highest BCUT2D eigenvalue weighted by Gasteiger charge is 2.22. The van der Waals surface area contributed by atoms with Crippen LogP contribution in [0, 0.1) is 13.8 Å². The van der Waals surface area contributed by atoms with Crippen LogP contribution in [0.3, 0.4) is 0 Å². The molecule has 5 heteroatoms. The van der Waals surface area contributed by atoms with E-state index >= 15 is 0 Å². The summed E-state index contributed by atoms with van der Waals surface area (Å²) in [5.41, 5.74) is 1.75. The largest absolute Gasteiger partial charge is 0.391 e. The van der Waals surface area contributed by atoms with E-state index in [1.165, 1.54) is 0 Å². The lowest BCUT2D eigenvalue weighted by Crippen LogP contribution is -2.24. The Balaban J connectivity index is 2.20. The van der Waals surface area contributed by atoms with E-state index in [0.717, 1.165) is 24.4 Å². The molecule has 14 heavy (non-hydrogen) atoms. The lowest BCUT2D eigenvalue weighted by Gasteiger charge is -2.14. The van der Waals surface area contributed by atoms with Gasteiger partial charge in [0, 0.05) is 13.1 Å². The molecule has 2 rings (SSSR count). The topological polar surface area (TPSA) is 62.1 Å². The van der Waals surface area contributed by atoms with Gasteiger partial charge in [0.05, 0.1) is 17.5 Å². The van der Waals surface area contributed by atoms with Gasteiger partial charge in [-0.05, 0) is 20.3 Å². The summed E-state index contributed by atoms with van der Waals surface area (Å²) in [4.78, 5) is 6.29. The third-order valence-corrected chi connectivity index (χ3v) is 2.53. The first kappa shape index (κ1) is 9.33. The summed E-state index contributed by atoms with van der Waals surface area (Å²) >= 11 is 0. The first-order valence-electron chi connectivity index (χ1n) is 4.78. The summed E-state index contributed by atoms with van der Waals surface area (Å²) in [6.45, 7) is 5.23. The van der Waals surface area contributed by atoms with Gasteiger partial charge in [-0.1, -0.05) is 0 Å². The number of hydrogen-bond donors (Lipinski definition) is 1. The molecule has 1 aromatic heterocycles. The summed E-state index contributed by atoms with van der Waals surface area (Å²) in [5, 5.41) is 17.4. The van der Waals surface area contributed by atoms with Crippen LogP contribution in [0.1, 0.15) is 17.8 Å². The van der Waals surface area contributed by atoms with Crippen molar-refractivity contribution in [1.82, 2.24) is 15.2 Å². The standard InChI is InChI=1S/C9H14N4O/c1-6-7(2)11-12-9(10-6)13-4-3-8(14)5-13/h8,14H,3-5H2,1-2H3/t8-/m1/s1. The van der Waals surface area contributed by atoms with Gasteiger partial charge < -0.3 is 10.0 Å². The molecule has 0 unspecified atom stereocenters. The minimum absolute atomic E-state index is 0.250. The van der Waals surface area contributed by atoms with E-state index in [9.17, 15) is 5.11 Å². The molecule has 0 aliphatic carbocycles. The fraction of sp³-hybridized carbons (Fsp3) is 0.667. The predicted octanol–water partition coefficient (Wildman–Crippen LogP) is 0.0594. The molecule has 1 fully saturated rings. The van der Waals surface area contributed by atoms with Gasteiger partial charge in [0.15, 0.2) is 0 Å².